The van der Waals surface area contributed by atoms with Crippen LogP contribution in [0.3, 0.4) is 0 Å². The molecule has 2 rings (SSSR count). The second-order valence-electron chi connectivity index (χ2n) is 5.31. The molecule has 0 aliphatic rings. The highest BCUT2D eigenvalue weighted by atomic mass is 127. The highest BCUT2D eigenvalue weighted by Crippen LogP contribution is 2.05. The number of aliphatic imine (C=N–C) groups is 1. The first-order valence-corrected chi connectivity index (χ1v) is 7.97. The maximum absolute atomic E-state index is 12.9. The zero-order valence-electron chi connectivity index (χ0n) is 14.1. The summed E-state index contributed by atoms with van der Waals surface area (Å²) < 4.78 is 12.9. The van der Waals surface area contributed by atoms with Gasteiger partial charge in [-0.2, -0.15) is 5.26 Å². The summed E-state index contributed by atoms with van der Waals surface area (Å²) in [5, 5.41) is 15.4. The minimum atomic E-state index is -0.221. The molecular weight excluding hydrogens is 430 g/mol. The van der Waals surface area contributed by atoms with E-state index in [0.29, 0.717) is 18.7 Å². The Morgan fingerprint density at radius 1 is 1.12 bits per heavy atom. The van der Waals surface area contributed by atoms with Crippen LogP contribution in [0.25, 0.3) is 0 Å². The predicted molar refractivity (Wildman–Crippen MR) is 109 cm³/mol. The fourth-order valence-electron chi connectivity index (χ4n) is 2.23. The molecular formula is C19H22FIN4. The zero-order chi connectivity index (χ0) is 17.2. The van der Waals surface area contributed by atoms with Crippen molar-refractivity contribution in [2.45, 2.75) is 19.9 Å². The Balaban J connectivity index is 0.00000312. The molecule has 0 amide bonds. The van der Waals surface area contributed by atoms with E-state index in [9.17, 15) is 4.39 Å². The lowest BCUT2D eigenvalue weighted by molar-refractivity contribution is 0.626. The number of rotatable bonds is 6. The summed E-state index contributed by atoms with van der Waals surface area (Å²) in [5.41, 5.74) is 2.70. The highest BCUT2D eigenvalue weighted by Gasteiger charge is 2.00. The van der Waals surface area contributed by atoms with Gasteiger partial charge in [-0.1, -0.05) is 24.3 Å². The average molecular weight is 452 g/mol. The van der Waals surface area contributed by atoms with Crippen LogP contribution < -0.4 is 10.6 Å². The van der Waals surface area contributed by atoms with E-state index in [2.05, 4.69) is 21.7 Å². The molecule has 0 saturated carbocycles. The molecule has 0 saturated heterocycles. The molecule has 2 N–H and O–H groups in total. The number of hydrogen-bond acceptors (Lipinski definition) is 2. The molecule has 132 valence electrons. The molecule has 0 aliphatic carbocycles. The highest BCUT2D eigenvalue weighted by molar-refractivity contribution is 14.0. The van der Waals surface area contributed by atoms with Crippen LogP contribution in [0.5, 0.6) is 0 Å². The van der Waals surface area contributed by atoms with Gasteiger partial charge in [-0.05, 0) is 48.7 Å². The summed E-state index contributed by atoms with van der Waals surface area (Å²) in [6, 6.07) is 16.1. The molecule has 0 atom stereocenters. The Labute approximate surface area is 165 Å². The molecule has 0 fully saturated rings. The summed E-state index contributed by atoms with van der Waals surface area (Å²) in [7, 11) is 0. The average Bonchev–Trinajstić information content (AvgIpc) is 2.61. The van der Waals surface area contributed by atoms with Crippen LogP contribution in [0.2, 0.25) is 0 Å². The Morgan fingerprint density at radius 2 is 1.88 bits per heavy atom. The van der Waals surface area contributed by atoms with Gasteiger partial charge in [-0.25, -0.2) is 9.38 Å². The van der Waals surface area contributed by atoms with Gasteiger partial charge in [-0.15, -0.1) is 24.0 Å². The van der Waals surface area contributed by atoms with Crippen LogP contribution in [0.4, 0.5) is 4.39 Å². The quantitative estimate of drug-likeness (QED) is 0.400. The van der Waals surface area contributed by atoms with Crippen molar-refractivity contribution in [2.75, 3.05) is 13.1 Å². The van der Waals surface area contributed by atoms with Gasteiger partial charge in [0.1, 0.15) is 5.82 Å². The summed E-state index contributed by atoms with van der Waals surface area (Å²) >= 11 is 0. The van der Waals surface area contributed by atoms with Crippen molar-refractivity contribution in [1.29, 1.82) is 5.26 Å². The van der Waals surface area contributed by atoms with E-state index in [1.807, 2.05) is 25.1 Å². The first kappa shape index (κ1) is 20.9. The van der Waals surface area contributed by atoms with Crippen LogP contribution >= 0.6 is 24.0 Å². The Kier molecular flexibility index (Phi) is 9.55. The maximum Gasteiger partial charge on any atom is 0.191 e. The fourth-order valence-corrected chi connectivity index (χ4v) is 2.23. The summed E-state index contributed by atoms with van der Waals surface area (Å²) in [4.78, 5) is 4.53. The van der Waals surface area contributed by atoms with E-state index in [4.69, 9.17) is 5.26 Å². The lowest BCUT2D eigenvalue weighted by Crippen LogP contribution is -2.38. The van der Waals surface area contributed by atoms with Crippen molar-refractivity contribution in [1.82, 2.24) is 10.6 Å². The van der Waals surface area contributed by atoms with E-state index >= 15 is 0 Å². The SMILES string of the molecule is CCNC(=NCc1cccc(C#N)c1)NCCc1ccc(F)cc1.I. The van der Waals surface area contributed by atoms with Gasteiger partial charge in [-0.3, -0.25) is 0 Å². The van der Waals surface area contributed by atoms with Gasteiger partial charge in [0.25, 0.3) is 0 Å². The number of hydrogen-bond donors (Lipinski definition) is 2. The van der Waals surface area contributed by atoms with Gasteiger partial charge < -0.3 is 10.6 Å². The van der Waals surface area contributed by atoms with Crippen LogP contribution in [-0.4, -0.2) is 19.0 Å². The van der Waals surface area contributed by atoms with E-state index < -0.39 is 0 Å². The first-order chi connectivity index (χ1) is 11.7. The summed E-state index contributed by atoms with van der Waals surface area (Å²) in [6.45, 7) is 3.98. The van der Waals surface area contributed by atoms with Crippen molar-refractivity contribution in [2.24, 2.45) is 4.99 Å². The van der Waals surface area contributed by atoms with Gasteiger partial charge in [0.15, 0.2) is 5.96 Å². The largest absolute Gasteiger partial charge is 0.357 e. The number of nitrogens with one attached hydrogen (secondary N) is 2. The van der Waals surface area contributed by atoms with E-state index in [1.165, 1.54) is 12.1 Å². The molecule has 0 spiro atoms. The molecule has 0 radical (unpaired) electrons. The minimum Gasteiger partial charge on any atom is -0.357 e. The Hall–Kier alpha value is -2.14. The van der Waals surface area contributed by atoms with Crippen LogP contribution in [-0.2, 0) is 13.0 Å². The standard InChI is InChI=1S/C19H21FN4.HI/c1-2-22-19(23-11-10-15-6-8-18(20)9-7-15)24-14-17-5-3-4-16(12-17)13-21;/h3-9,12H,2,10-11,14H2,1H3,(H2,22,23,24);1H. The molecule has 2 aromatic rings. The molecule has 25 heavy (non-hydrogen) atoms. The van der Waals surface area contributed by atoms with Crippen LogP contribution in [0, 0.1) is 17.1 Å². The van der Waals surface area contributed by atoms with Crippen molar-refractivity contribution < 1.29 is 4.39 Å². The monoisotopic (exact) mass is 452 g/mol. The van der Waals surface area contributed by atoms with Gasteiger partial charge in [0.2, 0.25) is 0 Å². The van der Waals surface area contributed by atoms with Crippen molar-refractivity contribution in [3.63, 3.8) is 0 Å². The van der Waals surface area contributed by atoms with Gasteiger partial charge >= 0.3 is 0 Å². The molecule has 0 aromatic heterocycles. The van der Waals surface area contributed by atoms with Gasteiger partial charge in [0.05, 0.1) is 18.2 Å². The second kappa shape index (κ2) is 11.4. The summed E-state index contributed by atoms with van der Waals surface area (Å²) in [6.07, 6.45) is 0.786. The van der Waals surface area contributed by atoms with Crippen LogP contribution in [0.1, 0.15) is 23.6 Å². The number of guanidine groups is 1. The smallest absolute Gasteiger partial charge is 0.191 e. The van der Waals surface area contributed by atoms with Gasteiger partial charge in [0, 0.05) is 13.1 Å². The maximum atomic E-state index is 12.9. The third-order valence-electron chi connectivity index (χ3n) is 3.44. The second-order valence-corrected chi connectivity index (χ2v) is 5.31. The molecule has 6 heteroatoms. The third kappa shape index (κ3) is 7.52. The molecule has 0 bridgehead atoms. The number of halogens is 2. The third-order valence-corrected chi connectivity index (χ3v) is 3.44. The fraction of sp³-hybridized carbons (Fsp3) is 0.263. The summed E-state index contributed by atoms with van der Waals surface area (Å²) in [5.74, 6) is 0.503. The Morgan fingerprint density at radius 3 is 2.56 bits per heavy atom. The molecule has 0 unspecified atom stereocenters. The number of nitrogens with zero attached hydrogens (tertiary/aromatic N) is 2. The Bertz CT molecular complexity index is 723. The van der Waals surface area contributed by atoms with Crippen LogP contribution in [0.15, 0.2) is 53.5 Å². The van der Waals surface area contributed by atoms with Crippen molar-refractivity contribution in [3.05, 3.63) is 71.0 Å². The number of benzene rings is 2. The van der Waals surface area contributed by atoms with Crippen molar-refractivity contribution >= 4 is 29.9 Å². The number of nitriles is 1. The molecule has 2 aromatic carbocycles. The first-order valence-electron chi connectivity index (χ1n) is 7.97. The minimum absolute atomic E-state index is 0. The lowest BCUT2D eigenvalue weighted by Gasteiger charge is -2.11. The molecule has 0 heterocycles. The topological polar surface area (TPSA) is 60.2 Å². The van der Waals surface area contributed by atoms with E-state index in [-0.39, 0.29) is 29.8 Å². The molecule has 4 nitrogen and oxygen atoms in total. The predicted octanol–water partition coefficient (Wildman–Crippen LogP) is 3.61. The zero-order valence-corrected chi connectivity index (χ0v) is 16.5. The van der Waals surface area contributed by atoms with E-state index in [1.54, 1.807) is 18.2 Å². The molecule has 0 aliphatic heterocycles. The normalized spacial score (nSPS) is 10.5. The van der Waals surface area contributed by atoms with E-state index in [0.717, 1.165) is 30.1 Å². The lowest BCUT2D eigenvalue weighted by atomic mass is 10.1. The van der Waals surface area contributed by atoms with Crippen molar-refractivity contribution in [3.8, 4) is 6.07 Å².